The fraction of sp³-hybridized carbons (Fsp3) is 0.545. The Balaban J connectivity index is 1.65. The van der Waals surface area contributed by atoms with Crippen LogP contribution in [0.4, 0.5) is 4.39 Å². The second kappa shape index (κ2) is 8.98. The Morgan fingerprint density at radius 2 is 2.03 bits per heavy atom. The van der Waals surface area contributed by atoms with Crippen molar-refractivity contribution >= 4 is 27.3 Å². The van der Waals surface area contributed by atoms with Crippen molar-refractivity contribution < 1.29 is 22.3 Å². The van der Waals surface area contributed by atoms with Gasteiger partial charge < -0.3 is 14.5 Å². The lowest BCUT2D eigenvalue weighted by molar-refractivity contribution is 0.0297. The lowest BCUT2D eigenvalue weighted by Crippen LogP contribution is -2.41. The van der Waals surface area contributed by atoms with Gasteiger partial charge in [0.2, 0.25) is 0 Å². The van der Waals surface area contributed by atoms with Crippen molar-refractivity contribution in [2.75, 3.05) is 51.8 Å². The number of hydrogen-bond donors (Lipinski definition) is 0. The molecule has 0 saturated carbocycles. The predicted octanol–water partition coefficient (Wildman–Crippen LogP) is 2.32. The predicted molar refractivity (Wildman–Crippen MR) is 121 cm³/mol. The van der Waals surface area contributed by atoms with Crippen molar-refractivity contribution in [1.29, 1.82) is 0 Å². The highest BCUT2D eigenvalue weighted by Gasteiger charge is 2.39. The summed E-state index contributed by atoms with van der Waals surface area (Å²) in [5.41, 5.74) is 1.58. The molecule has 0 bridgehead atoms. The summed E-state index contributed by atoms with van der Waals surface area (Å²) in [6.45, 7) is 4.12. The molecule has 5 rings (SSSR count). The normalized spacial score (nSPS) is 22.6. The third-order valence-corrected chi connectivity index (χ3v) is 8.45. The summed E-state index contributed by atoms with van der Waals surface area (Å²) in [6.07, 6.45) is 1.79. The summed E-state index contributed by atoms with van der Waals surface area (Å²) in [6, 6.07) is 3.77. The van der Waals surface area contributed by atoms with Gasteiger partial charge in [-0.2, -0.15) is 5.10 Å². The number of benzene rings is 1. The number of sulfone groups is 1. The van der Waals surface area contributed by atoms with Crippen LogP contribution >= 0.6 is 11.6 Å². The summed E-state index contributed by atoms with van der Waals surface area (Å²) in [7, 11) is -3.82. The van der Waals surface area contributed by atoms with E-state index in [1.165, 1.54) is 12.1 Å². The van der Waals surface area contributed by atoms with Crippen LogP contribution in [0.15, 0.2) is 23.1 Å². The minimum atomic E-state index is -3.82. The number of rotatable bonds is 4. The van der Waals surface area contributed by atoms with E-state index in [1.807, 2.05) is 4.68 Å². The van der Waals surface area contributed by atoms with Gasteiger partial charge in [0.25, 0.3) is 5.91 Å². The second-order valence-corrected chi connectivity index (χ2v) is 11.0. The number of carbonyl (C=O) groups is 1. The summed E-state index contributed by atoms with van der Waals surface area (Å²) < 4.78 is 47.4. The number of hydrogen-bond acceptors (Lipinski definition) is 6. The number of fused-ring (bicyclic) bond motifs is 3. The van der Waals surface area contributed by atoms with Gasteiger partial charge in [-0.1, -0.05) is 0 Å². The summed E-state index contributed by atoms with van der Waals surface area (Å²) in [4.78, 5) is 17.3. The number of alkyl halides is 1. The molecule has 3 aliphatic rings. The van der Waals surface area contributed by atoms with E-state index in [9.17, 15) is 17.6 Å². The van der Waals surface area contributed by atoms with E-state index in [0.29, 0.717) is 55.5 Å². The second-order valence-electron chi connectivity index (χ2n) is 8.71. The highest BCUT2D eigenvalue weighted by molar-refractivity contribution is 7.90. The molecule has 33 heavy (non-hydrogen) atoms. The van der Waals surface area contributed by atoms with E-state index in [1.54, 1.807) is 4.90 Å². The zero-order valence-corrected chi connectivity index (χ0v) is 19.7. The van der Waals surface area contributed by atoms with Crippen LogP contribution < -0.4 is 0 Å². The van der Waals surface area contributed by atoms with Crippen LogP contribution in [0.5, 0.6) is 0 Å². The molecule has 2 saturated heterocycles. The number of amides is 1. The molecule has 4 heterocycles. The number of piperidine rings is 1. The average molecular weight is 497 g/mol. The first-order chi connectivity index (χ1) is 15.9. The van der Waals surface area contributed by atoms with Crippen molar-refractivity contribution in [2.24, 2.45) is 0 Å². The molecule has 0 aliphatic carbocycles. The molecule has 2 aromatic rings. The Morgan fingerprint density at radius 1 is 1.24 bits per heavy atom. The van der Waals surface area contributed by atoms with Gasteiger partial charge in [-0.05, 0) is 37.6 Å². The van der Waals surface area contributed by atoms with Crippen molar-refractivity contribution in [2.45, 2.75) is 29.5 Å². The van der Waals surface area contributed by atoms with Gasteiger partial charge in [-0.25, -0.2) is 12.8 Å². The number of halogens is 2. The Morgan fingerprint density at radius 3 is 2.79 bits per heavy atom. The van der Waals surface area contributed by atoms with E-state index in [2.05, 4.69) is 4.90 Å². The number of nitrogens with zero attached hydrogens (tertiary/aromatic N) is 4. The van der Waals surface area contributed by atoms with Crippen molar-refractivity contribution in [3.63, 3.8) is 0 Å². The van der Waals surface area contributed by atoms with Gasteiger partial charge in [0.05, 0.1) is 35.6 Å². The Kier molecular flexibility index (Phi) is 6.19. The molecule has 178 valence electrons. The lowest BCUT2D eigenvalue weighted by Gasteiger charge is -2.33. The first kappa shape index (κ1) is 22.8. The standard InChI is InChI=1S/C22H26ClFN4O4S/c23-5-7-26-6-1-2-16(13-26)28-21-17-4-3-15(24)12-19(17)33(30,31)14-18(21)20(25-28)22(29)27-8-10-32-11-9-27/h3-4,12,16H,1-2,5-11,13-14H2. The van der Waals surface area contributed by atoms with Gasteiger partial charge >= 0.3 is 0 Å². The number of ether oxygens (including phenoxy) is 1. The first-order valence-corrected chi connectivity index (χ1v) is 13.4. The highest BCUT2D eigenvalue weighted by atomic mass is 35.5. The zero-order valence-electron chi connectivity index (χ0n) is 18.2. The quantitative estimate of drug-likeness (QED) is 0.604. The molecule has 1 unspecified atom stereocenters. The molecule has 1 amide bonds. The van der Waals surface area contributed by atoms with Crippen molar-refractivity contribution in [3.8, 4) is 11.3 Å². The van der Waals surface area contributed by atoms with Crippen molar-refractivity contribution in [3.05, 3.63) is 35.3 Å². The van der Waals surface area contributed by atoms with Gasteiger partial charge in [0, 0.05) is 43.2 Å². The molecule has 0 spiro atoms. The molecule has 0 radical (unpaired) electrons. The number of likely N-dealkylation sites (tertiary alicyclic amines) is 1. The SMILES string of the molecule is O=C(c1nn(C2CCCN(CCCl)C2)c2c1CS(=O)(=O)c1cc(F)ccc1-2)N1CCOCC1. The van der Waals surface area contributed by atoms with Gasteiger partial charge in [0.1, 0.15) is 5.82 Å². The van der Waals surface area contributed by atoms with E-state index in [4.69, 9.17) is 21.4 Å². The largest absolute Gasteiger partial charge is 0.378 e. The lowest BCUT2D eigenvalue weighted by atomic mass is 10.0. The van der Waals surface area contributed by atoms with Gasteiger partial charge in [-0.3, -0.25) is 9.48 Å². The first-order valence-electron chi connectivity index (χ1n) is 11.2. The maximum absolute atomic E-state index is 14.0. The Bertz CT molecular complexity index is 1180. The monoisotopic (exact) mass is 496 g/mol. The summed E-state index contributed by atoms with van der Waals surface area (Å²) in [5, 5.41) is 4.74. The number of aromatic nitrogens is 2. The third kappa shape index (κ3) is 4.18. The molecule has 1 atom stereocenters. The fourth-order valence-electron chi connectivity index (χ4n) is 5.01. The summed E-state index contributed by atoms with van der Waals surface area (Å²) >= 11 is 5.96. The van der Waals surface area contributed by atoms with Crippen LogP contribution in [0, 0.1) is 5.82 Å². The van der Waals surface area contributed by atoms with Crippen LogP contribution in [0.3, 0.4) is 0 Å². The Labute approximate surface area is 197 Å². The van der Waals surface area contributed by atoms with E-state index in [-0.39, 0.29) is 28.3 Å². The van der Waals surface area contributed by atoms with Crippen LogP contribution in [0.1, 0.15) is 34.9 Å². The van der Waals surface area contributed by atoms with Crippen LogP contribution in [0.25, 0.3) is 11.3 Å². The zero-order chi connectivity index (χ0) is 23.2. The maximum Gasteiger partial charge on any atom is 0.274 e. The minimum absolute atomic E-state index is 0.0411. The molecular formula is C22H26ClFN4O4S. The topological polar surface area (TPSA) is 84.7 Å². The highest BCUT2D eigenvalue weighted by Crippen LogP contribution is 2.42. The average Bonchev–Trinajstić information content (AvgIpc) is 3.18. The van der Waals surface area contributed by atoms with E-state index < -0.39 is 15.7 Å². The van der Waals surface area contributed by atoms with E-state index in [0.717, 1.165) is 32.0 Å². The minimum Gasteiger partial charge on any atom is -0.378 e. The molecule has 1 aromatic heterocycles. The molecular weight excluding hydrogens is 471 g/mol. The molecule has 2 fully saturated rings. The maximum atomic E-state index is 14.0. The van der Waals surface area contributed by atoms with Crippen molar-refractivity contribution in [1.82, 2.24) is 19.6 Å². The van der Waals surface area contributed by atoms with E-state index >= 15 is 0 Å². The fourth-order valence-corrected chi connectivity index (χ4v) is 6.85. The molecule has 0 N–H and O–H groups in total. The van der Waals surface area contributed by atoms with Crippen LogP contribution in [-0.4, -0.2) is 85.7 Å². The molecule has 8 nitrogen and oxygen atoms in total. The molecule has 3 aliphatic heterocycles. The smallest absolute Gasteiger partial charge is 0.274 e. The van der Waals surface area contributed by atoms with Crippen LogP contribution in [0.2, 0.25) is 0 Å². The Hall–Kier alpha value is -2.01. The van der Waals surface area contributed by atoms with Crippen LogP contribution in [-0.2, 0) is 20.3 Å². The number of morpholine rings is 1. The van der Waals surface area contributed by atoms with Gasteiger partial charge in [0.15, 0.2) is 15.5 Å². The van der Waals surface area contributed by atoms with Gasteiger partial charge in [-0.15, -0.1) is 11.6 Å². The summed E-state index contributed by atoms with van der Waals surface area (Å²) in [5.74, 6) is -0.752. The molecule has 11 heteroatoms. The third-order valence-electron chi connectivity index (χ3n) is 6.60. The molecule has 1 aromatic carbocycles. The number of carbonyl (C=O) groups excluding carboxylic acids is 1.